The zero-order valence-electron chi connectivity index (χ0n) is 13.2. The fourth-order valence-electron chi connectivity index (χ4n) is 2.41. The van der Waals surface area contributed by atoms with E-state index < -0.39 is 10.0 Å². The van der Waals surface area contributed by atoms with Crippen LogP contribution in [0.2, 0.25) is 0 Å². The number of amides is 1. The summed E-state index contributed by atoms with van der Waals surface area (Å²) in [6.45, 7) is 3.70. The van der Waals surface area contributed by atoms with Crippen molar-refractivity contribution in [2.24, 2.45) is 4.99 Å². The van der Waals surface area contributed by atoms with Gasteiger partial charge in [0.05, 0.1) is 11.1 Å². The van der Waals surface area contributed by atoms with E-state index in [1.807, 2.05) is 13.8 Å². The third-order valence-corrected chi connectivity index (χ3v) is 4.87. The molecule has 2 heterocycles. The average Bonchev–Trinajstić information content (AvgIpc) is 3.09. The van der Waals surface area contributed by atoms with Gasteiger partial charge in [0.25, 0.3) is 10.0 Å². The van der Waals surface area contributed by atoms with Crippen molar-refractivity contribution in [3.05, 3.63) is 42.1 Å². The molecule has 0 radical (unpaired) electrons. The molecular weight excluding hydrogens is 330 g/mol. The molecule has 1 aliphatic heterocycles. The van der Waals surface area contributed by atoms with Crippen LogP contribution in [0.1, 0.15) is 25.5 Å². The summed E-state index contributed by atoms with van der Waals surface area (Å²) in [7, 11) is -3.60. The molecule has 9 heteroatoms. The first-order valence-corrected chi connectivity index (χ1v) is 8.87. The quantitative estimate of drug-likeness (QED) is 0.865. The molecule has 0 aliphatic carbocycles. The van der Waals surface area contributed by atoms with Gasteiger partial charge in [-0.3, -0.25) is 14.5 Å². The van der Waals surface area contributed by atoms with Crippen LogP contribution >= 0.6 is 0 Å². The normalized spacial score (nSPS) is 16.9. The maximum Gasteiger partial charge on any atom is 0.263 e. The third-order valence-electron chi connectivity index (χ3n) is 3.47. The Hall–Kier alpha value is -2.68. The van der Waals surface area contributed by atoms with Gasteiger partial charge in [-0.05, 0) is 26.0 Å². The van der Waals surface area contributed by atoms with Crippen molar-refractivity contribution in [3.63, 3.8) is 0 Å². The zero-order valence-corrected chi connectivity index (χ0v) is 14.0. The molecule has 126 valence electrons. The maximum absolute atomic E-state index is 12.1. The summed E-state index contributed by atoms with van der Waals surface area (Å²) >= 11 is 0. The Morgan fingerprint density at radius 3 is 2.83 bits per heavy atom. The van der Waals surface area contributed by atoms with Crippen molar-refractivity contribution in [1.82, 2.24) is 14.5 Å². The molecule has 1 aromatic heterocycles. The number of nitrogens with one attached hydrogen (secondary N) is 2. The highest BCUT2D eigenvalue weighted by molar-refractivity contribution is 7.90. The predicted octanol–water partition coefficient (Wildman–Crippen LogP) is 1.14. The monoisotopic (exact) mass is 347 g/mol. The number of benzene rings is 1. The van der Waals surface area contributed by atoms with Crippen molar-refractivity contribution in [3.8, 4) is 0 Å². The van der Waals surface area contributed by atoms with Gasteiger partial charge in [0.15, 0.2) is 0 Å². The number of hydrogen-bond donors (Lipinski definition) is 2. The Bertz CT molecular complexity index is 915. The van der Waals surface area contributed by atoms with Crippen LogP contribution in [0.25, 0.3) is 0 Å². The van der Waals surface area contributed by atoms with Gasteiger partial charge in [0.1, 0.15) is 18.2 Å². The van der Waals surface area contributed by atoms with Crippen molar-refractivity contribution >= 4 is 27.6 Å². The Labute approximate surface area is 139 Å². The molecule has 0 bridgehead atoms. The van der Waals surface area contributed by atoms with E-state index in [0.29, 0.717) is 11.4 Å². The van der Waals surface area contributed by atoms with Crippen LogP contribution in [-0.2, 0) is 14.8 Å². The van der Waals surface area contributed by atoms with Crippen LogP contribution < -0.4 is 10.0 Å². The maximum atomic E-state index is 12.1. The fourth-order valence-corrected chi connectivity index (χ4v) is 3.66. The van der Waals surface area contributed by atoms with Crippen LogP contribution in [0, 0.1) is 0 Å². The molecule has 0 atom stereocenters. The standard InChI is InChI=1S/C15H17N5O3S/c1-10(2)20-13(7-8-17-20)18-14(21)9-16-15-11-5-3-4-6-12(11)24(22,23)19-15/h3-8,10H,9H2,1-2H3,(H,16,19)(H,18,21). The summed E-state index contributed by atoms with van der Waals surface area (Å²) < 4.78 is 28.0. The molecule has 8 nitrogen and oxygen atoms in total. The largest absolute Gasteiger partial charge is 0.309 e. The second kappa shape index (κ2) is 6.08. The van der Waals surface area contributed by atoms with Crippen LogP contribution in [0.15, 0.2) is 46.4 Å². The van der Waals surface area contributed by atoms with Crippen molar-refractivity contribution < 1.29 is 13.2 Å². The van der Waals surface area contributed by atoms with E-state index in [9.17, 15) is 13.2 Å². The number of carbonyl (C=O) groups is 1. The minimum atomic E-state index is -3.60. The van der Waals surface area contributed by atoms with Gasteiger partial charge in [-0.15, -0.1) is 0 Å². The first-order valence-electron chi connectivity index (χ1n) is 7.38. The summed E-state index contributed by atoms with van der Waals surface area (Å²) in [5.41, 5.74) is 0.470. The lowest BCUT2D eigenvalue weighted by Gasteiger charge is -2.11. The second-order valence-corrected chi connectivity index (χ2v) is 7.22. The number of aromatic nitrogens is 2. The summed E-state index contributed by atoms with van der Waals surface area (Å²) in [6.07, 6.45) is 1.60. The van der Waals surface area contributed by atoms with Gasteiger partial charge in [-0.1, -0.05) is 12.1 Å². The number of nitrogens with zero attached hydrogens (tertiary/aromatic N) is 3. The van der Waals surface area contributed by atoms with Crippen LogP contribution in [0.5, 0.6) is 0 Å². The van der Waals surface area contributed by atoms with E-state index >= 15 is 0 Å². The van der Waals surface area contributed by atoms with Crippen LogP contribution in [0.3, 0.4) is 0 Å². The van der Waals surface area contributed by atoms with E-state index in [0.717, 1.165) is 0 Å². The Morgan fingerprint density at radius 1 is 1.33 bits per heavy atom. The zero-order chi connectivity index (χ0) is 17.3. The molecule has 0 saturated carbocycles. The van der Waals surface area contributed by atoms with E-state index in [1.54, 1.807) is 35.1 Å². The molecule has 0 unspecified atom stereocenters. The van der Waals surface area contributed by atoms with Gasteiger partial charge < -0.3 is 5.32 Å². The lowest BCUT2D eigenvalue weighted by Crippen LogP contribution is -2.25. The van der Waals surface area contributed by atoms with Gasteiger partial charge in [-0.2, -0.15) is 5.10 Å². The Kier molecular flexibility index (Phi) is 4.10. The van der Waals surface area contributed by atoms with Crippen molar-refractivity contribution in [2.75, 3.05) is 11.9 Å². The van der Waals surface area contributed by atoms with Crippen LogP contribution in [0.4, 0.5) is 5.82 Å². The minimum Gasteiger partial charge on any atom is -0.309 e. The molecule has 0 saturated heterocycles. The van der Waals surface area contributed by atoms with E-state index in [2.05, 4.69) is 20.1 Å². The van der Waals surface area contributed by atoms with E-state index in [4.69, 9.17) is 0 Å². The number of aliphatic imine (C=N–C) groups is 1. The summed E-state index contributed by atoms with van der Waals surface area (Å²) in [4.78, 5) is 16.3. The Morgan fingerprint density at radius 2 is 2.08 bits per heavy atom. The number of amidine groups is 1. The average molecular weight is 347 g/mol. The van der Waals surface area contributed by atoms with Gasteiger partial charge in [0, 0.05) is 17.7 Å². The molecule has 3 rings (SSSR count). The number of fused-ring (bicyclic) bond motifs is 1. The molecule has 2 N–H and O–H groups in total. The molecule has 2 aromatic rings. The molecule has 0 spiro atoms. The number of sulfonamides is 1. The third kappa shape index (κ3) is 3.02. The SMILES string of the molecule is CC(C)n1nccc1NC(=O)CN=C1NS(=O)(=O)c2ccccc21. The van der Waals surface area contributed by atoms with Crippen molar-refractivity contribution in [2.45, 2.75) is 24.8 Å². The molecule has 1 amide bonds. The molecule has 0 fully saturated rings. The van der Waals surface area contributed by atoms with Crippen molar-refractivity contribution in [1.29, 1.82) is 0 Å². The molecule has 24 heavy (non-hydrogen) atoms. The first-order chi connectivity index (χ1) is 11.4. The lowest BCUT2D eigenvalue weighted by molar-refractivity contribution is -0.114. The van der Waals surface area contributed by atoms with Crippen LogP contribution in [-0.4, -0.2) is 36.5 Å². The fraction of sp³-hybridized carbons (Fsp3) is 0.267. The summed E-state index contributed by atoms with van der Waals surface area (Å²) in [6, 6.07) is 8.31. The Balaban J connectivity index is 1.75. The number of anilines is 1. The first kappa shape index (κ1) is 16.2. The van der Waals surface area contributed by atoms with Gasteiger partial charge in [0.2, 0.25) is 5.91 Å². The van der Waals surface area contributed by atoms with Gasteiger partial charge >= 0.3 is 0 Å². The van der Waals surface area contributed by atoms with E-state index in [1.165, 1.54) is 6.07 Å². The number of hydrogen-bond acceptors (Lipinski definition) is 5. The molecule has 1 aromatic carbocycles. The highest BCUT2D eigenvalue weighted by atomic mass is 32.2. The summed E-state index contributed by atoms with van der Waals surface area (Å²) in [5.74, 6) is 0.397. The molecule has 1 aliphatic rings. The number of rotatable bonds is 4. The topological polar surface area (TPSA) is 105 Å². The summed E-state index contributed by atoms with van der Waals surface area (Å²) in [5, 5.41) is 6.85. The lowest BCUT2D eigenvalue weighted by atomic mass is 10.2. The number of carbonyl (C=O) groups excluding carboxylic acids is 1. The minimum absolute atomic E-state index is 0.107. The molecular formula is C15H17N5O3S. The highest BCUT2D eigenvalue weighted by Crippen LogP contribution is 2.22. The second-order valence-electron chi connectivity index (χ2n) is 5.57. The highest BCUT2D eigenvalue weighted by Gasteiger charge is 2.30. The smallest absolute Gasteiger partial charge is 0.263 e. The van der Waals surface area contributed by atoms with Gasteiger partial charge in [-0.25, -0.2) is 13.1 Å². The predicted molar refractivity (Wildman–Crippen MR) is 89.4 cm³/mol. The van der Waals surface area contributed by atoms with E-state index in [-0.39, 0.29) is 29.2 Å².